The summed E-state index contributed by atoms with van der Waals surface area (Å²) >= 11 is 0. The van der Waals surface area contributed by atoms with Crippen molar-refractivity contribution in [3.63, 3.8) is 0 Å². The number of carbonyl (C=O) groups is 1. The fourth-order valence-corrected chi connectivity index (χ4v) is 3.49. The van der Waals surface area contributed by atoms with E-state index in [4.69, 9.17) is 4.74 Å². The Hall–Kier alpha value is -2.87. The Labute approximate surface area is 156 Å². The molecule has 142 valence electrons. The van der Waals surface area contributed by atoms with Crippen molar-refractivity contribution >= 4 is 21.7 Å². The van der Waals surface area contributed by atoms with Gasteiger partial charge < -0.3 is 10.3 Å². The van der Waals surface area contributed by atoms with Crippen molar-refractivity contribution in [2.24, 2.45) is 0 Å². The van der Waals surface area contributed by atoms with Crippen LogP contribution in [0.15, 0.2) is 53.4 Å². The van der Waals surface area contributed by atoms with Crippen molar-refractivity contribution in [1.82, 2.24) is 4.72 Å². The van der Waals surface area contributed by atoms with Crippen LogP contribution in [0.25, 0.3) is 5.53 Å². The predicted molar refractivity (Wildman–Crippen MR) is 95.9 cm³/mol. The standard InChI is InChI=1S/C18H18FN3O4S/c1-3-26-18(23)17(21-20)16(13-6-8-14(19)9-7-13)22-27(24,25)15-10-4-12(2)5-11-15/h4-11,16,22H,3H2,1-2H3. The molecule has 0 saturated carbocycles. The first-order chi connectivity index (χ1) is 12.8. The number of benzene rings is 2. The highest BCUT2D eigenvalue weighted by Crippen LogP contribution is 2.20. The minimum atomic E-state index is -4.08. The fraction of sp³-hybridized carbons (Fsp3) is 0.222. The minimum Gasteiger partial charge on any atom is -0.457 e. The molecule has 1 atom stereocenters. The van der Waals surface area contributed by atoms with E-state index in [1.54, 1.807) is 19.1 Å². The number of aryl methyl sites for hydroxylation is 1. The van der Waals surface area contributed by atoms with Gasteiger partial charge in [-0.2, -0.15) is 9.51 Å². The molecule has 1 unspecified atom stereocenters. The molecule has 0 fully saturated rings. The van der Waals surface area contributed by atoms with Crippen LogP contribution in [-0.2, 0) is 19.6 Å². The molecule has 0 amide bonds. The van der Waals surface area contributed by atoms with E-state index in [2.05, 4.69) is 9.51 Å². The second-order valence-corrected chi connectivity index (χ2v) is 7.34. The number of nitrogens with zero attached hydrogens (tertiary/aromatic N) is 2. The average molecular weight is 391 g/mol. The summed E-state index contributed by atoms with van der Waals surface area (Å²) in [7, 11) is -4.08. The summed E-state index contributed by atoms with van der Waals surface area (Å²) in [5, 5.41) is 0. The monoisotopic (exact) mass is 391 g/mol. The number of nitrogens with one attached hydrogen (secondary N) is 1. The van der Waals surface area contributed by atoms with Gasteiger partial charge in [0.1, 0.15) is 5.82 Å². The summed E-state index contributed by atoms with van der Waals surface area (Å²) in [6, 6.07) is 9.43. The molecule has 0 aromatic heterocycles. The molecule has 0 aliphatic carbocycles. The van der Waals surface area contributed by atoms with Gasteiger partial charge in [-0.05, 0) is 43.7 Å². The molecule has 9 heteroatoms. The van der Waals surface area contributed by atoms with E-state index in [0.29, 0.717) is 0 Å². The Morgan fingerprint density at radius 3 is 2.30 bits per heavy atom. The molecule has 0 spiro atoms. The third-order valence-electron chi connectivity index (χ3n) is 3.67. The molecule has 0 heterocycles. The average Bonchev–Trinajstić information content (AvgIpc) is 2.63. The van der Waals surface area contributed by atoms with Crippen molar-refractivity contribution < 1.29 is 27.1 Å². The second-order valence-electron chi connectivity index (χ2n) is 5.62. The molecule has 7 nitrogen and oxygen atoms in total. The smallest absolute Gasteiger partial charge is 0.419 e. The van der Waals surface area contributed by atoms with Crippen LogP contribution in [0.2, 0.25) is 0 Å². The van der Waals surface area contributed by atoms with Gasteiger partial charge in [-0.15, -0.1) is 0 Å². The molecule has 27 heavy (non-hydrogen) atoms. The highest BCUT2D eigenvalue weighted by atomic mass is 32.2. The SMILES string of the molecule is CCOC(=O)C(=[N+]=[N-])C(NS(=O)(=O)c1ccc(C)cc1)c1ccc(F)cc1. The van der Waals surface area contributed by atoms with Crippen LogP contribution in [0.5, 0.6) is 0 Å². The third kappa shape index (κ3) is 5.07. The van der Waals surface area contributed by atoms with Gasteiger partial charge in [0.05, 0.1) is 11.5 Å². The fourth-order valence-electron chi connectivity index (χ4n) is 2.30. The van der Waals surface area contributed by atoms with E-state index in [1.165, 1.54) is 24.3 Å². The summed E-state index contributed by atoms with van der Waals surface area (Å²) in [5.41, 5.74) is 9.79. The largest absolute Gasteiger partial charge is 0.457 e. The maximum absolute atomic E-state index is 13.2. The van der Waals surface area contributed by atoms with Crippen LogP contribution in [0.4, 0.5) is 4.39 Å². The number of ether oxygens (including phenoxy) is 1. The highest BCUT2D eigenvalue weighted by molar-refractivity contribution is 7.89. The van der Waals surface area contributed by atoms with Gasteiger partial charge in [0, 0.05) is 0 Å². The molecule has 2 rings (SSSR count). The van der Waals surface area contributed by atoms with Gasteiger partial charge in [-0.1, -0.05) is 29.8 Å². The predicted octanol–water partition coefficient (Wildman–Crippen LogP) is 2.39. The number of hydrogen-bond donors (Lipinski definition) is 1. The van der Waals surface area contributed by atoms with Crippen LogP contribution in [0.3, 0.4) is 0 Å². The molecule has 1 N–H and O–H groups in total. The lowest BCUT2D eigenvalue weighted by Crippen LogP contribution is -2.38. The maximum atomic E-state index is 13.2. The summed E-state index contributed by atoms with van der Waals surface area (Å²) < 4.78 is 45.8. The van der Waals surface area contributed by atoms with Gasteiger partial charge >= 0.3 is 11.7 Å². The lowest BCUT2D eigenvalue weighted by atomic mass is 10.0. The quantitative estimate of drug-likeness (QED) is 0.338. The first-order valence-electron chi connectivity index (χ1n) is 8.02. The van der Waals surface area contributed by atoms with Crippen LogP contribution >= 0.6 is 0 Å². The Bertz CT molecular complexity index is 967. The van der Waals surface area contributed by atoms with E-state index < -0.39 is 33.6 Å². The van der Waals surface area contributed by atoms with Crippen molar-refractivity contribution in [2.75, 3.05) is 6.61 Å². The minimum absolute atomic E-state index is 0.00129. The summed E-state index contributed by atoms with van der Waals surface area (Å²) in [6.07, 6.45) is 0. The summed E-state index contributed by atoms with van der Waals surface area (Å²) in [5.74, 6) is -1.54. The van der Waals surface area contributed by atoms with Crippen molar-refractivity contribution in [2.45, 2.75) is 24.8 Å². The van der Waals surface area contributed by atoms with Gasteiger partial charge in [0.15, 0.2) is 6.04 Å². The lowest BCUT2D eigenvalue weighted by molar-refractivity contribution is -0.140. The Morgan fingerprint density at radius 1 is 1.19 bits per heavy atom. The van der Waals surface area contributed by atoms with Gasteiger partial charge in [-0.3, -0.25) is 0 Å². The van der Waals surface area contributed by atoms with Gasteiger partial charge in [0.2, 0.25) is 10.0 Å². The molecule has 0 aliphatic heterocycles. The number of carbonyl (C=O) groups excluding carboxylic acids is 1. The van der Waals surface area contributed by atoms with Crippen LogP contribution in [-0.4, -0.2) is 31.5 Å². The molecule has 2 aromatic carbocycles. The van der Waals surface area contributed by atoms with E-state index in [9.17, 15) is 23.1 Å². The first kappa shape index (κ1) is 20.4. The first-order valence-corrected chi connectivity index (χ1v) is 9.50. The Morgan fingerprint density at radius 2 is 1.78 bits per heavy atom. The zero-order valence-corrected chi connectivity index (χ0v) is 15.5. The normalized spacial score (nSPS) is 12.1. The van der Waals surface area contributed by atoms with E-state index in [1.807, 2.05) is 6.92 Å². The number of esters is 1. The summed E-state index contributed by atoms with van der Waals surface area (Å²) in [4.78, 5) is 15.0. The molecule has 0 saturated heterocycles. The van der Waals surface area contributed by atoms with E-state index >= 15 is 0 Å². The van der Waals surface area contributed by atoms with Crippen molar-refractivity contribution in [1.29, 1.82) is 0 Å². The van der Waals surface area contributed by atoms with Crippen molar-refractivity contribution in [3.05, 3.63) is 71.0 Å². The number of sulfonamides is 1. The molecule has 0 bridgehead atoms. The zero-order valence-electron chi connectivity index (χ0n) is 14.7. The number of rotatable bonds is 7. The van der Waals surface area contributed by atoms with Gasteiger partial charge in [-0.25, -0.2) is 17.6 Å². The van der Waals surface area contributed by atoms with Crippen LogP contribution < -0.4 is 4.72 Å². The number of hydrogen-bond acceptors (Lipinski definition) is 4. The zero-order chi connectivity index (χ0) is 20.0. The Balaban J connectivity index is 2.49. The Kier molecular flexibility index (Phi) is 6.57. The molecule has 0 radical (unpaired) electrons. The van der Waals surface area contributed by atoms with Crippen LogP contribution in [0.1, 0.15) is 24.1 Å². The topological polar surface area (TPSA) is 109 Å². The molecule has 0 aliphatic rings. The van der Waals surface area contributed by atoms with Gasteiger partial charge in [0.25, 0.3) is 0 Å². The second kappa shape index (κ2) is 8.68. The maximum Gasteiger partial charge on any atom is 0.419 e. The molecule has 2 aromatic rings. The van der Waals surface area contributed by atoms with E-state index in [-0.39, 0.29) is 17.1 Å². The van der Waals surface area contributed by atoms with Crippen LogP contribution in [0, 0.1) is 12.7 Å². The van der Waals surface area contributed by atoms with Crippen molar-refractivity contribution in [3.8, 4) is 0 Å². The third-order valence-corrected chi connectivity index (χ3v) is 5.11. The number of halogens is 1. The molecular formula is C18H18FN3O4S. The molecular weight excluding hydrogens is 373 g/mol. The highest BCUT2D eigenvalue weighted by Gasteiger charge is 2.37. The lowest BCUT2D eigenvalue weighted by Gasteiger charge is -2.15. The van der Waals surface area contributed by atoms with E-state index in [0.717, 1.165) is 17.7 Å². The summed E-state index contributed by atoms with van der Waals surface area (Å²) in [6.45, 7) is 3.36.